The van der Waals surface area contributed by atoms with E-state index in [-0.39, 0.29) is 4.47 Å². The predicted molar refractivity (Wildman–Crippen MR) is 42.7 cm³/mol. The maximum absolute atomic E-state index is 12.7. The summed E-state index contributed by atoms with van der Waals surface area (Å²) in [5, 5.41) is 8.15. The van der Waals surface area contributed by atoms with E-state index in [9.17, 15) is 13.6 Å². The number of benzene rings is 1. The molecule has 6 heteroatoms. The molecule has 1 N–H and O–H groups in total. The molecule has 1 aromatic carbocycles. The largest absolute Gasteiger partial charge is 0.511 e. The average molecular weight is 253 g/mol. The second-order valence-electron chi connectivity index (χ2n) is 2.06. The molecule has 0 heterocycles. The summed E-state index contributed by atoms with van der Waals surface area (Å²) in [4.78, 5) is 10.0. The summed E-state index contributed by atoms with van der Waals surface area (Å²) in [6.45, 7) is 0. The van der Waals surface area contributed by atoms with E-state index in [0.29, 0.717) is 6.07 Å². The Labute approximate surface area is 80.1 Å². The minimum Gasteiger partial charge on any atom is -0.449 e. The molecule has 0 spiro atoms. The van der Waals surface area contributed by atoms with E-state index in [1.165, 1.54) is 0 Å². The highest BCUT2D eigenvalue weighted by molar-refractivity contribution is 9.10. The van der Waals surface area contributed by atoms with Crippen molar-refractivity contribution in [3.05, 3.63) is 28.2 Å². The summed E-state index contributed by atoms with van der Waals surface area (Å²) < 4.78 is 29.3. The van der Waals surface area contributed by atoms with Crippen molar-refractivity contribution in [2.75, 3.05) is 0 Å². The van der Waals surface area contributed by atoms with E-state index in [1.54, 1.807) is 0 Å². The molecule has 13 heavy (non-hydrogen) atoms. The molecule has 0 aliphatic carbocycles. The summed E-state index contributed by atoms with van der Waals surface area (Å²) in [5.41, 5.74) is 0. The zero-order valence-electron chi connectivity index (χ0n) is 6.05. The fourth-order valence-corrected chi connectivity index (χ4v) is 0.999. The quantitative estimate of drug-likeness (QED) is 0.475. The van der Waals surface area contributed by atoms with Crippen LogP contribution in [-0.4, -0.2) is 11.3 Å². The van der Waals surface area contributed by atoms with Gasteiger partial charge in [0.05, 0.1) is 4.47 Å². The lowest BCUT2D eigenvalue weighted by Crippen LogP contribution is -2.04. The van der Waals surface area contributed by atoms with Gasteiger partial charge in [-0.15, -0.1) is 0 Å². The van der Waals surface area contributed by atoms with E-state index in [4.69, 9.17) is 5.11 Å². The highest BCUT2D eigenvalue weighted by atomic mass is 79.9. The molecule has 0 saturated carbocycles. The Morgan fingerprint density at radius 1 is 1.38 bits per heavy atom. The van der Waals surface area contributed by atoms with Crippen molar-refractivity contribution < 1.29 is 23.4 Å². The van der Waals surface area contributed by atoms with E-state index >= 15 is 0 Å². The van der Waals surface area contributed by atoms with Crippen LogP contribution in [0.2, 0.25) is 0 Å². The Hall–Kier alpha value is -1.17. The molecule has 0 aromatic heterocycles. The van der Waals surface area contributed by atoms with Crippen molar-refractivity contribution in [1.82, 2.24) is 0 Å². The predicted octanol–water partition coefficient (Wildman–Crippen LogP) is 2.78. The molecule has 0 aliphatic rings. The summed E-state index contributed by atoms with van der Waals surface area (Å²) in [5.74, 6) is -2.43. The third-order valence-corrected chi connectivity index (χ3v) is 1.78. The molecular weight excluding hydrogens is 250 g/mol. The average Bonchev–Trinajstić information content (AvgIpc) is 1.99. The van der Waals surface area contributed by atoms with E-state index < -0.39 is 23.5 Å². The van der Waals surface area contributed by atoms with Gasteiger partial charge in [-0.1, -0.05) is 0 Å². The van der Waals surface area contributed by atoms with Gasteiger partial charge < -0.3 is 9.84 Å². The second-order valence-corrected chi connectivity index (χ2v) is 2.92. The van der Waals surface area contributed by atoms with Crippen LogP contribution in [0.5, 0.6) is 5.75 Å². The Bertz CT molecular complexity index is 354. The molecule has 0 fully saturated rings. The lowest BCUT2D eigenvalue weighted by Gasteiger charge is -2.02. The maximum Gasteiger partial charge on any atom is 0.511 e. The van der Waals surface area contributed by atoms with Gasteiger partial charge in [0.1, 0.15) is 5.82 Å². The third-order valence-electron chi connectivity index (χ3n) is 1.17. The molecule has 0 unspecified atom stereocenters. The Balaban J connectivity index is 3.08. The van der Waals surface area contributed by atoms with Crippen LogP contribution in [-0.2, 0) is 0 Å². The zero-order chi connectivity index (χ0) is 10.0. The van der Waals surface area contributed by atoms with Crippen LogP contribution in [0.15, 0.2) is 16.6 Å². The fraction of sp³-hybridized carbons (Fsp3) is 0. The zero-order valence-corrected chi connectivity index (χ0v) is 7.64. The van der Waals surface area contributed by atoms with Crippen LogP contribution in [0, 0.1) is 11.6 Å². The standard InChI is InChI=1S/C7H3BrF2O3/c8-3-1-6(13-7(11)12)5(10)2-4(3)9/h1-2H,(H,11,12). The summed E-state index contributed by atoms with van der Waals surface area (Å²) in [6, 6.07) is 1.43. The van der Waals surface area contributed by atoms with Crippen LogP contribution in [0.1, 0.15) is 0 Å². The number of carboxylic acid groups (broad SMARTS) is 1. The number of ether oxygens (including phenoxy) is 1. The van der Waals surface area contributed by atoms with Gasteiger partial charge in [0.25, 0.3) is 0 Å². The molecule has 70 valence electrons. The van der Waals surface area contributed by atoms with Crippen molar-refractivity contribution >= 4 is 22.1 Å². The van der Waals surface area contributed by atoms with Gasteiger partial charge in [-0.05, 0) is 15.9 Å². The molecule has 0 bridgehead atoms. The van der Waals surface area contributed by atoms with Gasteiger partial charge in [0.2, 0.25) is 0 Å². The van der Waals surface area contributed by atoms with Crippen molar-refractivity contribution in [2.45, 2.75) is 0 Å². The van der Waals surface area contributed by atoms with Crippen molar-refractivity contribution in [2.24, 2.45) is 0 Å². The smallest absolute Gasteiger partial charge is 0.449 e. The summed E-state index contributed by atoms with van der Waals surface area (Å²) >= 11 is 2.76. The lowest BCUT2D eigenvalue weighted by molar-refractivity contribution is 0.142. The number of halogens is 3. The molecule has 0 radical (unpaired) electrons. The minimum atomic E-state index is -1.66. The Kier molecular flexibility index (Phi) is 2.82. The van der Waals surface area contributed by atoms with E-state index in [2.05, 4.69) is 20.7 Å². The number of hydrogen-bond acceptors (Lipinski definition) is 2. The molecule has 0 saturated heterocycles. The lowest BCUT2D eigenvalue weighted by atomic mass is 10.3. The molecule has 3 nitrogen and oxygen atoms in total. The second kappa shape index (κ2) is 3.69. The van der Waals surface area contributed by atoms with Crippen LogP contribution in [0.25, 0.3) is 0 Å². The first-order valence-electron chi connectivity index (χ1n) is 3.06. The van der Waals surface area contributed by atoms with E-state index in [0.717, 1.165) is 6.07 Å². The molecule has 1 rings (SSSR count). The van der Waals surface area contributed by atoms with Gasteiger partial charge >= 0.3 is 6.16 Å². The van der Waals surface area contributed by atoms with Gasteiger partial charge in [0, 0.05) is 12.1 Å². The highest BCUT2D eigenvalue weighted by Crippen LogP contribution is 2.25. The van der Waals surface area contributed by atoms with Crippen LogP contribution >= 0.6 is 15.9 Å². The topological polar surface area (TPSA) is 46.5 Å². The number of carbonyl (C=O) groups is 1. The fourth-order valence-electron chi connectivity index (χ4n) is 0.677. The first kappa shape index (κ1) is 9.91. The molecule has 0 amide bonds. The molecule has 0 aliphatic heterocycles. The monoisotopic (exact) mass is 252 g/mol. The van der Waals surface area contributed by atoms with Crippen LogP contribution < -0.4 is 4.74 Å². The van der Waals surface area contributed by atoms with Crippen molar-refractivity contribution in [1.29, 1.82) is 0 Å². The van der Waals surface area contributed by atoms with Crippen molar-refractivity contribution in [3.63, 3.8) is 0 Å². The van der Waals surface area contributed by atoms with Crippen molar-refractivity contribution in [3.8, 4) is 5.75 Å². The van der Waals surface area contributed by atoms with Crippen LogP contribution in [0.3, 0.4) is 0 Å². The van der Waals surface area contributed by atoms with Crippen LogP contribution in [0.4, 0.5) is 13.6 Å². The first-order chi connectivity index (χ1) is 6.00. The summed E-state index contributed by atoms with van der Waals surface area (Å²) in [6.07, 6.45) is -1.66. The Morgan fingerprint density at radius 3 is 2.54 bits per heavy atom. The van der Waals surface area contributed by atoms with Gasteiger partial charge in [-0.2, -0.15) is 0 Å². The summed E-state index contributed by atoms with van der Waals surface area (Å²) in [7, 11) is 0. The van der Waals surface area contributed by atoms with Gasteiger partial charge in [-0.3, -0.25) is 0 Å². The SMILES string of the molecule is O=C(O)Oc1cc(Br)c(F)cc1F. The number of hydrogen-bond donors (Lipinski definition) is 1. The molecule has 1 aromatic rings. The van der Waals surface area contributed by atoms with Gasteiger partial charge in [-0.25, -0.2) is 13.6 Å². The Morgan fingerprint density at radius 2 is 2.00 bits per heavy atom. The maximum atomic E-state index is 12.7. The molecule has 0 atom stereocenters. The normalized spacial score (nSPS) is 9.77. The first-order valence-corrected chi connectivity index (χ1v) is 3.85. The van der Waals surface area contributed by atoms with E-state index in [1.807, 2.05) is 0 Å². The number of rotatable bonds is 1. The third kappa shape index (κ3) is 2.38. The minimum absolute atomic E-state index is 0.0647. The highest BCUT2D eigenvalue weighted by Gasteiger charge is 2.11. The molecular formula is C7H3BrF2O3. The van der Waals surface area contributed by atoms with Gasteiger partial charge in [0.15, 0.2) is 11.6 Å².